The van der Waals surface area contributed by atoms with E-state index in [-0.39, 0.29) is 12.1 Å². The molecule has 0 aromatic heterocycles. The minimum Gasteiger partial charge on any atom is -0.455 e. The fraction of sp³-hybridized carbons (Fsp3) is 0.583. The van der Waals surface area contributed by atoms with Crippen LogP contribution in [0.2, 0.25) is 0 Å². The first kappa shape index (κ1) is 11.0. The number of rotatable bonds is 5. The van der Waals surface area contributed by atoms with Crippen molar-refractivity contribution >= 4 is 5.97 Å². The second kappa shape index (κ2) is 6.41. The van der Waals surface area contributed by atoms with Gasteiger partial charge < -0.3 is 4.74 Å². The zero-order chi connectivity index (χ0) is 10.2. The van der Waals surface area contributed by atoms with Gasteiger partial charge in [-0.3, -0.25) is 0 Å². The number of ether oxygens (including phenoxy) is 1. The summed E-state index contributed by atoms with van der Waals surface area (Å²) < 4.78 is 5.08. The summed E-state index contributed by atoms with van der Waals surface area (Å²) in [7, 11) is 0. The van der Waals surface area contributed by atoms with Crippen molar-refractivity contribution in [3.63, 3.8) is 0 Å². The molecule has 2 heteroatoms. The fourth-order valence-corrected chi connectivity index (χ4v) is 1.41. The Hall–Kier alpha value is -1.05. The van der Waals surface area contributed by atoms with Crippen molar-refractivity contribution in [2.24, 2.45) is 0 Å². The van der Waals surface area contributed by atoms with Gasteiger partial charge in [-0.2, -0.15) is 0 Å². The summed E-state index contributed by atoms with van der Waals surface area (Å²) in [6, 6.07) is 0. The molecule has 0 aromatic carbocycles. The lowest BCUT2D eigenvalue weighted by molar-refractivity contribution is -0.141. The second-order valence-electron chi connectivity index (χ2n) is 3.54. The smallest absolute Gasteiger partial charge is 0.331 e. The van der Waals surface area contributed by atoms with Gasteiger partial charge in [0.15, 0.2) is 0 Å². The van der Waals surface area contributed by atoms with E-state index in [1.54, 1.807) is 0 Å². The summed E-state index contributed by atoms with van der Waals surface area (Å²) in [6.07, 6.45) is 13.1. The molecular weight excluding hydrogens is 176 g/mol. The molecule has 78 valence electrons. The number of carbonyl (C=O) groups excluding carboxylic acids is 1. The van der Waals surface area contributed by atoms with Crippen LogP contribution in [0.1, 0.15) is 39.0 Å². The Morgan fingerprint density at radius 1 is 1.57 bits per heavy atom. The molecular formula is C12H18O2. The van der Waals surface area contributed by atoms with Crippen LogP contribution in [0.5, 0.6) is 0 Å². The largest absolute Gasteiger partial charge is 0.455 e. The van der Waals surface area contributed by atoms with E-state index in [9.17, 15) is 4.79 Å². The zero-order valence-corrected chi connectivity index (χ0v) is 8.74. The van der Waals surface area contributed by atoms with Gasteiger partial charge in [-0.25, -0.2) is 4.79 Å². The van der Waals surface area contributed by atoms with Crippen molar-refractivity contribution in [1.29, 1.82) is 0 Å². The molecule has 0 amide bonds. The Labute approximate surface area is 85.6 Å². The summed E-state index contributed by atoms with van der Waals surface area (Å²) in [4.78, 5) is 10.9. The molecule has 0 saturated heterocycles. The number of hydrogen-bond acceptors (Lipinski definition) is 2. The second-order valence-corrected chi connectivity index (χ2v) is 3.54. The van der Waals surface area contributed by atoms with Crippen LogP contribution in [-0.4, -0.2) is 12.1 Å². The van der Waals surface area contributed by atoms with Crippen LogP contribution < -0.4 is 0 Å². The summed E-state index contributed by atoms with van der Waals surface area (Å²) >= 11 is 0. The molecule has 0 N–H and O–H groups in total. The molecule has 14 heavy (non-hydrogen) atoms. The van der Waals surface area contributed by atoms with Crippen molar-refractivity contribution in [3.05, 3.63) is 24.3 Å². The van der Waals surface area contributed by atoms with Crippen LogP contribution in [0.15, 0.2) is 24.3 Å². The molecule has 1 heterocycles. The maximum Gasteiger partial charge on any atom is 0.331 e. The van der Waals surface area contributed by atoms with Gasteiger partial charge in [-0.15, -0.1) is 0 Å². The van der Waals surface area contributed by atoms with Crippen LogP contribution in [-0.2, 0) is 9.53 Å². The van der Waals surface area contributed by atoms with Crippen molar-refractivity contribution in [2.45, 2.75) is 45.1 Å². The summed E-state index contributed by atoms with van der Waals surface area (Å²) in [5, 5.41) is 0. The third kappa shape index (κ3) is 4.26. The van der Waals surface area contributed by atoms with E-state index < -0.39 is 0 Å². The molecule has 1 aliphatic heterocycles. The molecule has 1 aliphatic rings. The zero-order valence-electron chi connectivity index (χ0n) is 8.74. The Bertz CT molecular complexity index is 228. The Morgan fingerprint density at radius 2 is 2.43 bits per heavy atom. The fourth-order valence-electron chi connectivity index (χ4n) is 1.41. The van der Waals surface area contributed by atoms with E-state index >= 15 is 0 Å². The van der Waals surface area contributed by atoms with E-state index in [0.717, 1.165) is 12.8 Å². The molecule has 0 aliphatic carbocycles. The molecule has 0 spiro atoms. The summed E-state index contributed by atoms with van der Waals surface area (Å²) in [5.74, 6) is -0.223. The number of allylic oxidation sites excluding steroid dienone is 1. The first-order valence-electron chi connectivity index (χ1n) is 5.36. The molecule has 1 rings (SSSR count). The van der Waals surface area contributed by atoms with E-state index in [1.807, 2.05) is 12.2 Å². The van der Waals surface area contributed by atoms with Crippen LogP contribution in [0.3, 0.4) is 0 Å². The first-order chi connectivity index (χ1) is 6.83. The molecule has 2 nitrogen and oxygen atoms in total. The molecule has 0 bridgehead atoms. The standard InChI is InChI=1S/C12H18O2/c1-2-3-4-5-6-8-11-9-7-10-12(13)14-11/h6-8,10-11H,2-5,9H2,1H3/b8-6-/t11-/m0/s1. The maximum absolute atomic E-state index is 10.9. The lowest BCUT2D eigenvalue weighted by atomic mass is 10.1. The lowest BCUT2D eigenvalue weighted by Gasteiger charge is -2.14. The molecule has 1 atom stereocenters. The first-order valence-corrected chi connectivity index (χ1v) is 5.36. The van der Waals surface area contributed by atoms with Gasteiger partial charge in [0.05, 0.1) is 0 Å². The van der Waals surface area contributed by atoms with Crippen LogP contribution in [0.4, 0.5) is 0 Å². The monoisotopic (exact) mass is 194 g/mol. The topological polar surface area (TPSA) is 26.3 Å². The lowest BCUT2D eigenvalue weighted by Crippen LogP contribution is -2.17. The SMILES string of the molecule is CCCCC/C=C\[C@H]1CC=CC(=O)O1. The molecule has 0 saturated carbocycles. The molecule has 0 unspecified atom stereocenters. The number of cyclic esters (lactones) is 1. The third-order valence-corrected chi connectivity index (χ3v) is 2.21. The maximum atomic E-state index is 10.9. The average molecular weight is 194 g/mol. The summed E-state index contributed by atoms with van der Waals surface area (Å²) in [6.45, 7) is 2.19. The highest BCUT2D eigenvalue weighted by molar-refractivity contribution is 5.82. The van der Waals surface area contributed by atoms with E-state index in [2.05, 4.69) is 13.0 Å². The molecule has 0 fully saturated rings. The predicted octanol–water partition coefficient (Wildman–Crippen LogP) is 2.99. The highest BCUT2D eigenvalue weighted by Crippen LogP contribution is 2.09. The van der Waals surface area contributed by atoms with Gasteiger partial charge >= 0.3 is 5.97 Å². The number of hydrogen-bond donors (Lipinski definition) is 0. The van der Waals surface area contributed by atoms with Crippen LogP contribution in [0, 0.1) is 0 Å². The van der Waals surface area contributed by atoms with Gasteiger partial charge in [-0.05, 0) is 18.9 Å². The van der Waals surface area contributed by atoms with Gasteiger partial charge in [0.2, 0.25) is 0 Å². The highest BCUT2D eigenvalue weighted by Gasteiger charge is 2.11. The highest BCUT2D eigenvalue weighted by atomic mass is 16.5. The molecule has 0 radical (unpaired) electrons. The van der Waals surface area contributed by atoms with Crippen LogP contribution >= 0.6 is 0 Å². The third-order valence-electron chi connectivity index (χ3n) is 2.21. The quantitative estimate of drug-likeness (QED) is 0.382. The van der Waals surface area contributed by atoms with E-state index in [4.69, 9.17) is 4.74 Å². The normalized spacial score (nSPS) is 21.5. The molecule has 0 aromatic rings. The van der Waals surface area contributed by atoms with Crippen molar-refractivity contribution in [2.75, 3.05) is 0 Å². The van der Waals surface area contributed by atoms with Crippen LogP contribution in [0.25, 0.3) is 0 Å². The minimum atomic E-state index is -0.223. The summed E-state index contributed by atoms with van der Waals surface area (Å²) in [5.41, 5.74) is 0. The Balaban J connectivity index is 2.17. The van der Waals surface area contributed by atoms with Gasteiger partial charge in [0.25, 0.3) is 0 Å². The van der Waals surface area contributed by atoms with Gasteiger partial charge in [0.1, 0.15) is 6.10 Å². The number of unbranched alkanes of at least 4 members (excludes halogenated alkanes) is 3. The van der Waals surface area contributed by atoms with Gasteiger partial charge in [0, 0.05) is 12.5 Å². The number of esters is 1. The van der Waals surface area contributed by atoms with Crippen molar-refractivity contribution < 1.29 is 9.53 Å². The minimum absolute atomic E-state index is 0.0332. The number of carbonyl (C=O) groups is 1. The van der Waals surface area contributed by atoms with E-state index in [1.165, 1.54) is 25.3 Å². The predicted molar refractivity (Wildman–Crippen MR) is 56.9 cm³/mol. The average Bonchev–Trinajstić information content (AvgIpc) is 2.18. The van der Waals surface area contributed by atoms with Crippen molar-refractivity contribution in [3.8, 4) is 0 Å². The van der Waals surface area contributed by atoms with E-state index in [0.29, 0.717) is 0 Å². The van der Waals surface area contributed by atoms with Crippen molar-refractivity contribution in [1.82, 2.24) is 0 Å². The Kier molecular flexibility index (Phi) is 5.05. The Morgan fingerprint density at radius 3 is 3.14 bits per heavy atom. The van der Waals surface area contributed by atoms with Gasteiger partial charge in [-0.1, -0.05) is 31.9 Å².